The summed E-state index contributed by atoms with van der Waals surface area (Å²) in [5, 5.41) is 7.20. The smallest absolute Gasteiger partial charge is 0.229 e. The summed E-state index contributed by atoms with van der Waals surface area (Å²) in [5.74, 6) is 1.14. The molecule has 144 valence electrons. The molecule has 0 radical (unpaired) electrons. The van der Waals surface area contributed by atoms with Crippen molar-refractivity contribution in [2.75, 3.05) is 11.9 Å². The lowest BCUT2D eigenvalue weighted by atomic mass is 10.1. The average Bonchev–Trinajstić information content (AvgIpc) is 3.24. The first-order valence-corrected chi connectivity index (χ1v) is 9.48. The van der Waals surface area contributed by atoms with Crippen molar-refractivity contribution < 1.29 is 9.53 Å². The molecule has 0 unspecified atom stereocenters. The number of nitrogens with one attached hydrogen (secondary N) is 1. The zero-order valence-electron chi connectivity index (χ0n) is 15.9. The zero-order valence-corrected chi connectivity index (χ0v) is 15.9. The molecule has 5 nitrogen and oxygen atoms in total. The molecular weight excluding hydrogens is 362 g/mol. The largest absolute Gasteiger partial charge is 0.492 e. The molecule has 0 bridgehead atoms. The van der Waals surface area contributed by atoms with Crippen LogP contribution >= 0.6 is 0 Å². The Hall–Kier alpha value is -3.86. The molecule has 3 aromatic carbocycles. The van der Waals surface area contributed by atoms with Gasteiger partial charge in [0.25, 0.3) is 0 Å². The summed E-state index contributed by atoms with van der Waals surface area (Å²) in [7, 11) is 0. The Morgan fingerprint density at radius 1 is 0.862 bits per heavy atom. The Morgan fingerprint density at radius 3 is 2.34 bits per heavy atom. The number of hydrogen-bond acceptors (Lipinski definition) is 3. The van der Waals surface area contributed by atoms with E-state index in [0.717, 1.165) is 22.6 Å². The first-order chi connectivity index (χ1) is 14.3. The van der Waals surface area contributed by atoms with Gasteiger partial charge >= 0.3 is 0 Å². The predicted octanol–water partition coefficient (Wildman–Crippen LogP) is 4.95. The maximum atomic E-state index is 12.3. The van der Waals surface area contributed by atoms with E-state index < -0.39 is 0 Å². The van der Waals surface area contributed by atoms with Gasteiger partial charge in [-0.2, -0.15) is 5.10 Å². The zero-order chi connectivity index (χ0) is 19.9. The van der Waals surface area contributed by atoms with Crippen LogP contribution in [-0.2, 0) is 4.79 Å². The van der Waals surface area contributed by atoms with Crippen LogP contribution in [0.1, 0.15) is 6.42 Å². The molecule has 1 amide bonds. The third-order valence-corrected chi connectivity index (χ3v) is 4.44. The highest BCUT2D eigenvalue weighted by atomic mass is 16.5. The fourth-order valence-corrected chi connectivity index (χ4v) is 3.02. The summed E-state index contributed by atoms with van der Waals surface area (Å²) in [6.07, 6.45) is 2.05. The minimum Gasteiger partial charge on any atom is -0.492 e. The normalized spacial score (nSPS) is 10.5. The topological polar surface area (TPSA) is 56.1 Å². The fraction of sp³-hybridized carbons (Fsp3) is 0.0833. The molecule has 0 saturated heterocycles. The number of amides is 1. The number of benzene rings is 3. The number of aromatic nitrogens is 2. The minimum absolute atomic E-state index is 0.138. The third-order valence-electron chi connectivity index (χ3n) is 4.44. The summed E-state index contributed by atoms with van der Waals surface area (Å²) in [6, 6.07) is 29.4. The number of anilines is 1. The van der Waals surface area contributed by atoms with Crippen molar-refractivity contribution in [1.29, 1.82) is 0 Å². The van der Waals surface area contributed by atoms with Crippen molar-refractivity contribution in [1.82, 2.24) is 9.78 Å². The van der Waals surface area contributed by atoms with Crippen LogP contribution in [0.5, 0.6) is 5.75 Å². The van der Waals surface area contributed by atoms with Crippen molar-refractivity contribution in [2.24, 2.45) is 0 Å². The third kappa shape index (κ3) is 4.71. The molecule has 4 aromatic rings. The molecule has 4 rings (SSSR count). The van der Waals surface area contributed by atoms with Crippen molar-refractivity contribution in [2.45, 2.75) is 6.42 Å². The summed E-state index contributed by atoms with van der Waals surface area (Å²) >= 11 is 0. The Labute approximate surface area is 169 Å². The van der Waals surface area contributed by atoms with E-state index in [-0.39, 0.29) is 18.9 Å². The van der Waals surface area contributed by atoms with E-state index in [0.29, 0.717) is 5.82 Å². The lowest BCUT2D eigenvalue weighted by molar-refractivity contribution is -0.116. The maximum absolute atomic E-state index is 12.3. The number of hydrogen-bond donors (Lipinski definition) is 1. The van der Waals surface area contributed by atoms with Gasteiger partial charge in [0.2, 0.25) is 5.91 Å². The SMILES string of the molecule is O=C(CCOc1ccccc1-c1ccccc1)Nc1ccn(-c2ccccc2)n1. The van der Waals surface area contributed by atoms with Gasteiger partial charge in [-0.05, 0) is 23.8 Å². The number of carbonyl (C=O) groups is 1. The number of rotatable bonds is 7. The van der Waals surface area contributed by atoms with E-state index >= 15 is 0 Å². The quantitative estimate of drug-likeness (QED) is 0.491. The lowest BCUT2D eigenvalue weighted by Gasteiger charge is -2.11. The molecule has 29 heavy (non-hydrogen) atoms. The van der Waals surface area contributed by atoms with Gasteiger partial charge in [0, 0.05) is 17.8 Å². The molecule has 1 aromatic heterocycles. The number of para-hydroxylation sites is 2. The first kappa shape index (κ1) is 18.5. The number of nitrogens with zero attached hydrogens (tertiary/aromatic N) is 2. The van der Waals surface area contributed by atoms with Crippen molar-refractivity contribution >= 4 is 11.7 Å². The highest BCUT2D eigenvalue weighted by Gasteiger charge is 2.09. The maximum Gasteiger partial charge on any atom is 0.229 e. The highest BCUT2D eigenvalue weighted by Crippen LogP contribution is 2.29. The molecule has 0 saturated carbocycles. The van der Waals surface area contributed by atoms with Crippen LogP contribution in [0.25, 0.3) is 16.8 Å². The van der Waals surface area contributed by atoms with Crippen LogP contribution in [-0.4, -0.2) is 22.3 Å². The first-order valence-electron chi connectivity index (χ1n) is 9.48. The Bertz CT molecular complexity index is 1080. The van der Waals surface area contributed by atoms with Gasteiger partial charge in [0.05, 0.1) is 18.7 Å². The molecule has 0 fully saturated rings. The standard InChI is InChI=1S/C24H21N3O2/c28-24(25-23-15-17-27(26-23)20-11-5-2-6-12-20)16-18-29-22-14-8-7-13-21(22)19-9-3-1-4-10-19/h1-15,17H,16,18H2,(H,25,26,28). The highest BCUT2D eigenvalue weighted by molar-refractivity contribution is 5.89. The van der Waals surface area contributed by atoms with E-state index in [4.69, 9.17) is 4.74 Å². The summed E-state index contributed by atoms with van der Waals surface area (Å²) in [5.41, 5.74) is 3.03. The van der Waals surface area contributed by atoms with Gasteiger partial charge in [0.1, 0.15) is 5.75 Å². The molecule has 1 N–H and O–H groups in total. The van der Waals surface area contributed by atoms with Crippen LogP contribution in [0, 0.1) is 0 Å². The predicted molar refractivity (Wildman–Crippen MR) is 114 cm³/mol. The Kier molecular flexibility index (Phi) is 5.67. The minimum atomic E-state index is -0.138. The Balaban J connectivity index is 1.33. The second-order valence-corrected chi connectivity index (χ2v) is 6.49. The molecule has 0 spiro atoms. The lowest BCUT2D eigenvalue weighted by Crippen LogP contribution is -2.15. The van der Waals surface area contributed by atoms with Gasteiger partial charge in [-0.15, -0.1) is 0 Å². The van der Waals surface area contributed by atoms with Crippen LogP contribution in [0.4, 0.5) is 5.82 Å². The van der Waals surface area contributed by atoms with Crippen LogP contribution in [0.15, 0.2) is 97.2 Å². The van der Waals surface area contributed by atoms with Crippen molar-refractivity contribution in [3.05, 3.63) is 97.2 Å². The molecule has 0 aliphatic rings. The molecule has 0 aliphatic heterocycles. The van der Waals surface area contributed by atoms with Gasteiger partial charge < -0.3 is 10.1 Å². The van der Waals surface area contributed by atoms with E-state index in [1.807, 2.05) is 91.1 Å². The second-order valence-electron chi connectivity index (χ2n) is 6.49. The Morgan fingerprint density at radius 2 is 1.55 bits per heavy atom. The summed E-state index contributed by atoms with van der Waals surface area (Å²) in [4.78, 5) is 12.3. The van der Waals surface area contributed by atoms with E-state index in [2.05, 4.69) is 10.4 Å². The monoisotopic (exact) mass is 383 g/mol. The molecule has 0 atom stereocenters. The van der Waals surface area contributed by atoms with E-state index in [9.17, 15) is 4.79 Å². The number of carbonyl (C=O) groups excluding carboxylic acids is 1. The summed E-state index contributed by atoms with van der Waals surface area (Å²) in [6.45, 7) is 0.287. The van der Waals surface area contributed by atoms with E-state index in [1.165, 1.54) is 0 Å². The summed E-state index contributed by atoms with van der Waals surface area (Å²) < 4.78 is 7.61. The fourth-order valence-electron chi connectivity index (χ4n) is 3.02. The average molecular weight is 383 g/mol. The van der Waals surface area contributed by atoms with Gasteiger partial charge in [-0.3, -0.25) is 4.79 Å². The van der Waals surface area contributed by atoms with Crippen LogP contribution in [0.3, 0.4) is 0 Å². The van der Waals surface area contributed by atoms with Crippen LogP contribution < -0.4 is 10.1 Å². The van der Waals surface area contributed by atoms with Crippen LogP contribution in [0.2, 0.25) is 0 Å². The van der Waals surface area contributed by atoms with Crippen molar-refractivity contribution in [3.8, 4) is 22.6 Å². The van der Waals surface area contributed by atoms with Gasteiger partial charge in [-0.1, -0.05) is 66.7 Å². The van der Waals surface area contributed by atoms with Gasteiger partial charge in [-0.25, -0.2) is 4.68 Å². The number of ether oxygens (including phenoxy) is 1. The molecular formula is C24H21N3O2. The second kappa shape index (κ2) is 8.89. The van der Waals surface area contributed by atoms with E-state index in [1.54, 1.807) is 10.7 Å². The van der Waals surface area contributed by atoms with Crippen molar-refractivity contribution in [3.63, 3.8) is 0 Å². The van der Waals surface area contributed by atoms with Gasteiger partial charge in [0.15, 0.2) is 5.82 Å². The molecule has 5 heteroatoms. The molecule has 0 aliphatic carbocycles. The molecule has 1 heterocycles.